The average Bonchev–Trinajstić information content (AvgIpc) is 2.31. The quantitative estimate of drug-likeness (QED) is 0.752. The molecule has 3 N–H and O–H groups in total. The van der Waals surface area contributed by atoms with Crippen LogP contribution in [0, 0.1) is 0 Å². The molecule has 2 rings (SSSR count). The Bertz CT molecular complexity index is 359. The van der Waals surface area contributed by atoms with Crippen LogP contribution < -0.4 is 10.6 Å². The molecule has 88 valence electrons. The van der Waals surface area contributed by atoms with Crippen LogP contribution in [0.15, 0.2) is 18.3 Å². The van der Waals surface area contributed by atoms with Crippen molar-refractivity contribution in [3.05, 3.63) is 18.3 Å². The highest BCUT2D eigenvalue weighted by Gasteiger charge is 2.26. The Morgan fingerprint density at radius 1 is 1.69 bits per heavy atom. The van der Waals surface area contributed by atoms with Crippen LogP contribution in [0.25, 0.3) is 0 Å². The van der Waals surface area contributed by atoms with Gasteiger partial charge in [-0.2, -0.15) is 0 Å². The summed E-state index contributed by atoms with van der Waals surface area (Å²) in [6.45, 7) is 3.34. The largest absolute Gasteiger partial charge is 0.394 e. The second kappa shape index (κ2) is 4.67. The molecular weight excluding hydrogens is 206 g/mol. The summed E-state index contributed by atoms with van der Waals surface area (Å²) in [6, 6.07) is 4.05. The van der Waals surface area contributed by atoms with Gasteiger partial charge in [-0.15, -0.1) is 0 Å². The minimum Gasteiger partial charge on any atom is -0.394 e. The number of nitrogens with two attached hydrogens (primary N) is 1. The number of hydrogen-bond donors (Lipinski definition) is 2. The Morgan fingerprint density at radius 3 is 3.19 bits per heavy atom. The number of hydrogen-bond acceptors (Lipinski definition) is 5. The molecule has 1 aliphatic heterocycles. The SMILES string of the molecule is CC1COC(CO)CN1c1cccnc1N. The maximum absolute atomic E-state index is 9.11. The zero-order valence-electron chi connectivity index (χ0n) is 9.34. The van der Waals surface area contributed by atoms with Gasteiger partial charge in [0.25, 0.3) is 0 Å². The second-order valence-corrected chi connectivity index (χ2v) is 4.05. The van der Waals surface area contributed by atoms with Gasteiger partial charge in [0.2, 0.25) is 0 Å². The Labute approximate surface area is 94.8 Å². The molecule has 2 heterocycles. The lowest BCUT2D eigenvalue weighted by molar-refractivity contribution is -0.0103. The van der Waals surface area contributed by atoms with Crippen LogP contribution in [0.1, 0.15) is 6.92 Å². The first-order valence-corrected chi connectivity index (χ1v) is 5.42. The summed E-state index contributed by atoms with van der Waals surface area (Å²) in [4.78, 5) is 6.20. The highest BCUT2D eigenvalue weighted by Crippen LogP contribution is 2.25. The highest BCUT2D eigenvalue weighted by molar-refractivity contribution is 5.63. The van der Waals surface area contributed by atoms with E-state index < -0.39 is 0 Å². The van der Waals surface area contributed by atoms with Crippen molar-refractivity contribution >= 4 is 11.5 Å². The van der Waals surface area contributed by atoms with Crippen molar-refractivity contribution in [3.8, 4) is 0 Å². The molecule has 5 heteroatoms. The molecule has 1 aliphatic rings. The third kappa shape index (κ3) is 2.10. The van der Waals surface area contributed by atoms with Gasteiger partial charge in [0, 0.05) is 18.8 Å². The van der Waals surface area contributed by atoms with Crippen LogP contribution >= 0.6 is 0 Å². The fourth-order valence-corrected chi connectivity index (χ4v) is 1.92. The molecule has 2 atom stereocenters. The number of rotatable bonds is 2. The molecule has 0 saturated carbocycles. The molecule has 1 saturated heterocycles. The summed E-state index contributed by atoms with van der Waals surface area (Å²) in [5.41, 5.74) is 6.76. The summed E-state index contributed by atoms with van der Waals surface area (Å²) in [5, 5.41) is 9.11. The first kappa shape index (κ1) is 11.2. The van der Waals surface area contributed by atoms with Gasteiger partial charge in [0.15, 0.2) is 0 Å². The predicted octanol–water partition coefficient (Wildman–Crippen LogP) is 0.250. The lowest BCUT2D eigenvalue weighted by Crippen LogP contribution is -2.49. The van der Waals surface area contributed by atoms with E-state index in [0.717, 1.165) is 5.69 Å². The van der Waals surface area contributed by atoms with Gasteiger partial charge in [-0.25, -0.2) is 4.98 Å². The van der Waals surface area contributed by atoms with Crippen LogP contribution in [0.3, 0.4) is 0 Å². The molecular formula is C11H17N3O2. The Morgan fingerprint density at radius 2 is 2.50 bits per heavy atom. The monoisotopic (exact) mass is 223 g/mol. The van der Waals surface area contributed by atoms with Gasteiger partial charge in [0.1, 0.15) is 5.82 Å². The van der Waals surface area contributed by atoms with Crippen LogP contribution in [-0.2, 0) is 4.74 Å². The smallest absolute Gasteiger partial charge is 0.146 e. The summed E-state index contributed by atoms with van der Waals surface area (Å²) in [5.74, 6) is 0.521. The summed E-state index contributed by atoms with van der Waals surface area (Å²) in [7, 11) is 0. The van der Waals surface area contributed by atoms with Gasteiger partial charge in [-0.1, -0.05) is 0 Å². The minimum atomic E-state index is -0.143. The molecule has 1 aromatic heterocycles. The number of nitrogens with zero attached hydrogens (tertiary/aromatic N) is 2. The van der Waals surface area contributed by atoms with Crippen molar-refractivity contribution < 1.29 is 9.84 Å². The van der Waals surface area contributed by atoms with E-state index >= 15 is 0 Å². The predicted molar refractivity (Wildman–Crippen MR) is 62.3 cm³/mol. The van der Waals surface area contributed by atoms with E-state index in [9.17, 15) is 0 Å². The maximum atomic E-state index is 9.11. The lowest BCUT2D eigenvalue weighted by Gasteiger charge is -2.39. The molecule has 0 spiro atoms. The van der Waals surface area contributed by atoms with Gasteiger partial charge in [-0.05, 0) is 19.1 Å². The number of pyridine rings is 1. The summed E-state index contributed by atoms with van der Waals surface area (Å²) >= 11 is 0. The van der Waals surface area contributed by atoms with Crippen LogP contribution in [0.2, 0.25) is 0 Å². The summed E-state index contributed by atoms with van der Waals surface area (Å²) < 4.78 is 5.48. The molecule has 0 aliphatic carbocycles. The van der Waals surface area contributed by atoms with E-state index in [2.05, 4.69) is 16.8 Å². The fraction of sp³-hybridized carbons (Fsp3) is 0.545. The molecule has 2 unspecified atom stereocenters. The van der Waals surface area contributed by atoms with Crippen molar-refractivity contribution in [2.75, 3.05) is 30.4 Å². The molecule has 5 nitrogen and oxygen atoms in total. The van der Waals surface area contributed by atoms with E-state index in [-0.39, 0.29) is 18.8 Å². The van der Waals surface area contributed by atoms with Crippen LogP contribution in [0.4, 0.5) is 11.5 Å². The number of anilines is 2. The standard InChI is InChI=1S/C11H17N3O2/c1-8-7-16-9(6-15)5-14(8)10-3-2-4-13-11(10)12/h2-4,8-9,15H,5-7H2,1H3,(H2,12,13). The molecule has 0 amide bonds. The normalized spacial score (nSPS) is 25.8. The third-order valence-electron chi connectivity index (χ3n) is 2.83. The van der Waals surface area contributed by atoms with Crippen LogP contribution in [0.5, 0.6) is 0 Å². The second-order valence-electron chi connectivity index (χ2n) is 4.05. The number of aliphatic hydroxyl groups excluding tert-OH is 1. The minimum absolute atomic E-state index is 0.0311. The van der Waals surface area contributed by atoms with Gasteiger partial charge >= 0.3 is 0 Å². The topological polar surface area (TPSA) is 71.6 Å². The zero-order chi connectivity index (χ0) is 11.5. The Kier molecular flexibility index (Phi) is 3.26. The number of aliphatic hydroxyl groups is 1. The van der Waals surface area contributed by atoms with Gasteiger partial charge in [-0.3, -0.25) is 0 Å². The lowest BCUT2D eigenvalue weighted by atomic mass is 10.1. The highest BCUT2D eigenvalue weighted by atomic mass is 16.5. The van der Waals surface area contributed by atoms with Crippen molar-refractivity contribution in [2.45, 2.75) is 19.1 Å². The van der Waals surface area contributed by atoms with Crippen molar-refractivity contribution in [1.82, 2.24) is 4.98 Å². The van der Waals surface area contributed by atoms with Gasteiger partial charge < -0.3 is 20.5 Å². The van der Waals surface area contributed by atoms with Crippen LogP contribution in [-0.4, -0.2) is 42.0 Å². The number of aromatic nitrogens is 1. The van der Waals surface area contributed by atoms with E-state index in [1.54, 1.807) is 6.20 Å². The number of ether oxygens (including phenoxy) is 1. The van der Waals surface area contributed by atoms with Gasteiger partial charge in [0.05, 0.1) is 25.0 Å². The molecule has 16 heavy (non-hydrogen) atoms. The maximum Gasteiger partial charge on any atom is 0.146 e. The summed E-state index contributed by atoms with van der Waals surface area (Å²) in [6.07, 6.45) is 1.53. The molecule has 1 fully saturated rings. The van der Waals surface area contributed by atoms with E-state index in [4.69, 9.17) is 15.6 Å². The van der Waals surface area contributed by atoms with Crippen molar-refractivity contribution in [3.63, 3.8) is 0 Å². The molecule has 0 radical (unpaired) electrons. The van der Waals surface area contributed by atoms with Crippen molar-refractivity contribution in [1.29, 1.82) is 0 Å². The molecule has 0 aromatic carbocycles. The first-order chi connectivity index (χ1) is 7.72. The molecule has 0 bridgehead atoms. The zero-order valence-corrected chi connectivity index (χ0v) is 9.34. The van der Waals surface area contributed by atoms with E-state index in [1.807, 2.05) is 12.1 Å². The Balaban J connectivity index is 2.21. The third-order valence-corrected chi connectivity index (χ3v) is 2.83. The van der Waals surface area contributed by atoms with E-state index in [0.29, 0.717) is 19.0 Å². The Hall–Kier alpha value is -1.33. The number of morpholine rings is 1. The van der Waals surface area contributed by atoms with E-state index in [1.165, 1.54) is 0 Å². The first-order valence-electron chi connectivity index (χ1n) is 5.42. The van der Waals surface area contributed by atoms with Crippen molar-refractivity contribution in [2.24, 2.45) is 0 Å². The fourth-order valence-electron chi connectivity index (χ4n) is 1.92. The molecule has 1 aromatic rings. The average molecular weight is 223 g/mol. The number of nitrogen functional groups attached to an aromatic ring is 1.